The second kappa shape index (κ2) is 10.2. The van der Waals surface area contributed by atoms with E-state index in [1.807, 2.05) is 13.1 Å². The van der Waals surface area contributed by atoms with Gasteiger partial charge in [0.1, 0.15) is 11.5 Å². The highest BCUT2D eigenvalue weighted by Gasteiger charge is 2.68. The molecule has 7 rings (SSSR count). The molecule has 1 saturated heterocycles. The number of hydrogen-bond donors (Lipinski definition) is 3. The first-order valence-corrected chi connectivity index (χ1v) is 14.8. The Hall–Kier alpha value is -3.06. The van der Waals surface area contributed by atoms with Crippen LogP contribution in [0.1, 0.15) is 65.2 Å². The van der Waals surface area contributed by atoms with E-state index >= 15 is 0 Å². The SMILES string of the molecule is CCC/C=C1\OC(=O)C2=C1CC[C@H]1[C@@H]3CC[C@@]4(C(=C3CC3=CCNC(N)=C3)C(=O)O/C4=C\C[C@H](C)CNC)[C@@H]21. The average molecular weight is 532 g/mol. The minimum Gasteiger partial charge on any atom is -0.427 e. The summed E-state index contributed by atoms with van der Waals surface area (Å²) in [5, 5.41) is 6.40. The predicted octanol–water partition coefficient (Wildman–Crippen LogP) is 4.66. The van der Waals surface area contributed by atoms with Crippen molar-refractivity contribution >= 4 is 11.9 Å². The molecule has 7 aliphatic rings. The summed E-state index contributed by atoms with van der Waals surface area (Å²) in [4.78, 5) is 27.3. The van der Waals surface area contributed by atoms with E-state index in [0.717, 1.165) is 85.3 Å². The lowest BCUT2D eigenvalue weighted by Crippen LogP contribution is -2.52. The van der Waals surface area contributed by atoms with Crippen molar-refractivity contribution in [3.8, 4) is 0 Å². The number of ether oxygens (including phenoxy) is 2. The summed E-state index contributed by atoms with van der Waals surface area (Å²) in [5.74, 6) is 2.57. The van der Waals surface area contributed by atoms with Gasteiger partial charge in [0.05, 0.1) is 16.8 Å². The third-order valence-electron chi connectivity index (χ3n) is 9.75. The number of hydrogen-bond acceptors (Lipinski definition) is 7. The molecule has 5 atom stereocenters. The predicted molar refractivity (Wildman–Crippen MR) is 149 cm³/mol. The Labute approximate surface area is 231 Å². The fourth-order valence-corrected chi connectivity index (χ4v) is 8.25. The molecule has 39 heavy (non-hydrogen) atoms. The summed E-state index contributed by atoms with van der Waals surface area (Å²) < 4.78 is 12.1. The third kappa shape index (κ3) is 4.12. The van der Waals surface area contributed by atoms with Gasteiger partial charge < -0.3 is 25.8 Å². The minimum absolute atomic E-state index is 0.0845. The molecule has 2 fully saturated rings. The highest BCUT2D eigenvalue weighted by molar-refractivity contribution is 6.00. The van der Waals surface area contributed by atoms with Gasteiger partial charge in [-0.05, 0) is 100 Å². The first kappa shape index (κ1) is 26.2. The Kier molecular flexibility index (Phi) is 6.82. The first-order chi connectivity index (χ1) is 18.9. The van der Waals surface area contributed by atoms with Gasteiger partial charge in [-0.1, -0.05) is 31.9 Å². The van der Waals surface area contributed by atoms with Crippen molar-refractivity contribution in [2.24, 2.45) is 34.8 Å². The summed E-state index contributed by atoms with van der Waals surface area (Å²) in [7, 11) is 1.96. The molecule has 7 heteroatoms. The fraction of sp³-hybridized carbons (Fsp3) is 0.562. The molecule has 7 nitrogen and oxygen atoms in total. The zero-order valence-electron chi connectivity index (χ0n) is 23.4. The van der Waals surface area contributed by atoms with E-state index in [1.165, 1.54) is 5.57 Å². The number of rotatable bonds is 8. The molecular weight excluding hydrogens is 490 g/mol. The maximum absolute atomic E-state index is 13.8. The Balaban J connectivity index is 1.50. The highest BCUT2D eigenvalue weighted by atomic mass is 16.5. The summed E-state index contributed by atoms with van der Waals surface area (Å²) in [6.07, 6.45) is 15.4. The topological polar surface area (TPSA) is 103 Å². The second-order valence-corrected chi connectivity index (χ2v) is 12.1. The van der Waals surface area contributed by atoms with Crippen LogP contribution in [0.25, 0.3) is 0 Å². The van der Waals surface area contributed by atoms with Crippen molar-refractivity contribution in [2.45, 2.75) is 65.2 Å². The Morgan fingerprint density at radius 1 is 1.23 bits per heavy atom. The van der Waals surface area contributed by atoms with Crippen molar-refractivity contribution in [3.05, 3.63) is 69.5 Å². The molecule has 4 N–H and O–H groups in total. The van der Waals surface area contributed by atoms with Crippen LogP contribution >= 0.6 is 0 Å². The lowest BCUT2D eigenvalue weighted by atomic mass is 9.44. The van der Waals surface area contributed by atoms with Gasteiger partial charge in [0.15, 0.2) is 0 Å². The van der Waals surface area contributed by atoms with Crippen molar-refractivity contribution < 1.29 is 19.1 Å². The van der Waals surface area contributed by atoms with Gasteiger partial charge >= 0.3 is 11.9 Å². The Bertz CT molecular complexity index is 1280. The van der Waals surface area contributed by atoms with E-state index in [2.05, 4.69) is 42.7 Å². The van der Waals surface area contributed by atoms with Gasteiger partial charge in [0.2, 0.25) is 0 Å². The van der Waals surface area contributed by atoms with Crippen molar-refractivity contribution in [2.75, 3.05) is 20.1 Å². The van der Waals surface area contributed by atoms with E-state index in [1.54, 1.807) is 0 Å². The molecular formula is C32H41N3O4. The number of carbonyl (C=O) groups is 2. The number of nitrogens with two attached hydrogens (primary N) is 1. The van der Waals surface area contributed by atoms with Gasteiger partial charge in [-0.2, -0.15) is 0 Å². The van der Waals surface area contributed by atoms with Crippen LogP contribution < -0.4 is 16.4 Å². The molecule has 0 unspecified atom stereocenters. The summed E-state index contributed by atoms with van der Waals surface area (Å²) in [5.41, 5.74) is 10.5. The van der Waals surface area contributed by atoms with Crippen LogP contribution in [0, 0.1) is 29.1 Å². The van der Waals surface area contributed by atoms with E-state index in [0.29, 0.717) is 24.7 Å². The molecule has 4 aliphatic carbocycles. The normalized spacial score (nSPS) is 33.9. The van der Waals surface area contributed by atoms with Crippen molar-refractivity contribution in [3.63, 3.8) is 0 Å². The largest absolute Gasteiger partial charge is 0.427 e. The Morgan fingerprint density at radius 3 is 2.85 bits per heavy atom. The zero-order chi connectivity index (χ0) is 27.3. The lowest BCUT2D eigenvalue weighted by molar-refractivity contribution is -0.135. The van der Waals surface area contributed by atoms with Crippen LogP contribution in [0.2, 0.25) is 0 Å². The Morgan fingerprint density at radius 2 is 2.08 bits per heavy atom. The van der Waals surface area contributed by atoms with Gasteiger partial charge in [0.25, 0.3) is 0 Å². The summed E-state index contributed by atoms with van der Waals surface area (Å²) >= 11 is 0. The van der Waals surface area contributed by atoms with Gasteiger partial charge in [0, 0.05) is 23.6 Å². The molecule has 1 spiro atoms. The van der Waals surface area contributed by atoms with Crippen LogP contribution in [-0.2, 0) is 19.1 Å². The number of fused-ring (bicyclic) bond motifs is 1. The van der Waals surface area contributed by atoms with E-state index in [4.69, 9.17) is 15.2 Å². The summed E-state index contributed by atoms with van der Waals surface area (Å²) in [6.45, 7) is 5.91. The number of unbranched alkanes of at least 4 members (excludes halogenated alkanes) is 1. The van der Waals surface area contributed by atoms with Crippen LogP contribution in [0.5, 0.6) is 0 Å². The average Bonchev–Trinajstić information content (AvgIpc) is 3.40. The minimum atomic E-state index is -0.603. The number of cyclic esters (lactones) is 2. The molecule has 0 aromatic heterocycles. The second-order valence-electron chi connectivity index (χ2n) is 12.1. The maximum atomic E-state index is 13.8. The summed E-state index contributed by atoms with van der Waals surface area (Å²) in [6, 6.07) is 0. The number of allylic oxidation sites excluding steroid dienone is 7. The zero-order valence-corrected chi connectivity index (χ0v) is 23.4. The molecule has 3 aliphatic heterocycles. The lowest BCUT2D eigenvalue weighted by Gasteiger charge is -2.56. The highest BCUT2D eigenvalue weighted by Crippen LogP contribution is 2.70. The van der Waals surface area contributed by atoms with Gasteiger partial charge in [-0.15, -0.1) is 0 Å². The number of carbonyl (C=O) groups excluding carboxylic acids is 2. The van der Waals surface area contributed by atoms with Crippen LogP contribution in [-0.4, -0.2) is 32.1 Å². The third-order valence-corrected chi connectivity index (χ3v) is 9.75. The van der Waals surface area contributed by atoms with Crippen molar-refractivity contribution in [1.29, 1.82) is 0 Å². The van der Waals surface area contributed by atoms with Crippen LogP contribution in [0.3, 0.4) is 0 Å². The molecule has 0 amide bonds. The standard InChI is InChI=1S/C32H41N3O4/c1-4-5-6-24-22-9-8-21-20-11-13-32(28(21)27(22)30(36)38-24)25(10-7-18(2)17-34-3)39-31(37)29(32)23(20)15-19-12-14-35-26(33)16-19/h6,10,12,16,18,20-21,28,34-35H,4-5,7-9,11,13-15,17,33H2,1-3H3/b24-6-,25-10-/t18-,20-,21-,28+,32-/m0/s1. The van der Waals surface area contributed by atoms with Crippen LogP contribution in [0.4, 0.5) is 0 Å². The molecule has 0 aromatic rings. The van der Waals surface area contributed by atoms with Gasteiger partial charge in [-0.25, -0.2) is 9.59 Å². The van der Waals surface area contributed by atoms with E-state index in [-0.39, 0.29) is 29.7 Å². The molecule has 208 valence electrons. The fourth-order valence-electron chi connectivity index (χ4n) is 8.25. The van der Waals surface area contributed by atoms with E-state index in [9.17, 15) is 9.59 Å². The number of esters is 2. The van der Waals surface area contributed by atoms with Crippen LogP contribution in [0.15, 0.2) is 69.5 Å². The van der Waals surface area contributed by atoms with Crippen molar-refractivity contribution in [1.82, 2.24) is 10.6 Å². The van der Waals surface area contributed by atoms with Gasteiger partial charge in [-0.3, -0.25) is 0 Å². The number of nitrogens with one attached hydrogen (secondary N) is 2. The molecule has 0 radical (unpaired) electrons. The number of dihydropyridines is 1. The molecule has 1 saturated carbocycles. The molecule has 0 aromatic carbocycles. The molecule has 3 heterocycles. The maximum Gasteiger partial charge on any atom is 0.340 e. The first-order valence-electron chi connectivity index (χ1n) is 14.8. The van der Waals surface area contributed by atoms with E-state index < -0.39 is 5.41 Å². The quantitative estimate of drug-likeness (QED) is 0.392. The smallest absolute Gasteiger partial charge is 0.340 e. The molecule has 2 bridgehead atoms. The monoisotopic (exact) mass is 531 g/mol.